The van der Waals surface area contributed by atoms with Crippen molar-refractivity contribution >= 4 is 24.6 Å². The summed E-state index contributed by atoms with van der Waals surface area (Å²) < 4.78 is 0. The molecule has 0 N–H and O–H groups in total. The van der Waals surface area contributed by atoms with Crippen LogP contribution in [0.15, 0.2) is 29.8 Å². The van der Waals surface area contributed by atoms with Crippen LogP contribution in [0, 0.1) is 0 Å². The number of hydrogen-bond acceptors (Lipinski definition) is 3. The molecule has 28 heavy (non-hydrogen) atoms. The number of Topliss-reactive ketones (excluding diaryl/α,β-unsaturated/α-hetero) is 2. The van der Waals surface area contributed by atoms with Gasteiger partial charge in [-0.15, -0.1) is 0 Å². The number of hydrogen-bond donors (Lipinski definition) is 0. The molecule has 1 aliphatic rings. The second-order valence-electron chi connectivity index (χ2n) is 8.07. The van der Waals surface area contributed by atoms with E-state index in [0.717, 1.165) is 57.0 Å². The van der Waals surface area contributed by atoms with Crippen molar-refractivity contribution in [3.8, 4) is 0 Å². The highest BCUT2D eigenvalue weighted by Gasteiger charge is 2.47. The molecule has 1 atom stereocenters. The number of carbonyl (C=O) groups excluding carboxylic acids is 2. The first-order valence-electron chi connectivity index (χ1n) is 10.9. The fraction of sp³-hybridized carbons (Fsp3) is 0.583. The Labute approximate surface area is 171 Å². The van der Waals surface area contributed by atoms with Crippen molar-refractivity contribution in [1.29, 1.82) is 0 Å². The fourth-order valence-electron chi connectivity index (χ4n) is 4.36. The lowest BCUT2D eigenvalue weighted by Crippen LogP contribution is -2.35. The number of fused-ring (bicyclic) bond motifs is 1. The maximum absolute atomic E-state index is 13.3. The van der Waals surface area contributed by atoms with E-state index in [1.807, 2.05) is 0 Å². The average molecular weight is 403 g/mol. The van der Waals surface area contributed by atoms with Gasteiger partial charge in [0, 0.05) is 18.4 Å². The third-order valence-corrected chi connectivity index (χ3v) is 11.7. The zero-order valence-electron chi connectivity index (χ0n) is 17.9. The molecule has 0 spiro atoms. The van der Waals surface area contributed by atoms with E-state index in [9.17, 15) is 14.7 Å². The van der Waals surface area contributed by atoms with Crippen LogP contribution in [0.2, 0.25) is 0 Å². The smallest absolute Gasteiger partial charge is 0.233 e. The van der Waals surface area contributed by atoms with Gasteiger partial charge >= 0.3 is 0 Å². The molecule has 0 aromatic heterocycles. The van der Waals surface area contributed by atoms with Crippen molar-refractivity contribution in [3.05, 3.63) is 41.0 Å². The Bertz CT molecular complexity index is 713. The minimum Gasteiger partial charge on any atom is -0.872 e. The average Bonchev–Trinajstić information content (AvgIpc) is 2.72. The highest BCUT2D eigenvalue weighted by Crippen LogP contribution is 2.67. The van der Waals surface area contributed by atoms with Crippen LogP contribution in [0.5, 0.6) is 0 Å². The molecular weight excluding hydrogens is 367 g/mol. The fourth-order valence-corrected chi connectivity index (χ4v) is 9.81. The van der Waals surface area contributed by atoms with E-state index in [2.05, 4.69) is 27.7 Å². The molecule has 1 aromatic rings. The van der Waals surface area contributed by atoms with Gasteiger partial charge in [-0.1, -0.05) is 70.1 Å². The van der Waals surface area contributed by atoms with E-state index in [-0.39, 0.29) is 22.6 Å². The number of rotatable bonds is 11. The van der Waals surface area contributed by atoms with Gasteiger partial charge in [0.15, 0.2) is 0 Å². The van der Waals surface area contributed by atoms with Gasteiger partial charge in [-0.3, -0.25) is 9.59 Å². The third-order valence-electron chi connectivity index (χ3n) is 6.22. The molecule has 0 fully saturated rings. The molecule has 3 nitrogen and oxygen atoms in total. The molecule has 1 aromatic carbocycles. The normalized spacial score (nSPS) is 15.7. The van der Waals surface area contributed by atoms with Crippen LogP contribution in [0.3, 0.4) is 0 Å². The second-order valence-corrected chi connectivity index (χ2v) is 12.6. The Balaban J connectivity index is 2.55. The van der Waals surface area contributed by atoms with E-state index in [4.69, 9.17) is 0 Å². The Morgan fingerprint density at radius 1 is 0.821 bits per heavy atom. The summed E-state index contributed by atoms with van der Waals surface area (Å²) in [4.78, 5) is 25.8. The predicted molar refractivity (Wildman–Crippen MR) is 118 cm³/mol. The van der Waals surface area contributed by atoms with Crippen LogP contribution >= 0.6 is 7.26 Å². The first-order valence-corrected chi connectivity index (χ1v) is 13.3. The third kappa shape index (κ3) is 4.57. The molecule has 2 rings (SSSR count). The lowest BCUT2D eigenvalue weighted by molar-refractivity contribution is -0.245. The molecule has 1 unspecified atom stereocenters. The van der Waals surface area contributed by atoms with Crippen molar-refractivity contribution in [2.24, 2.45) is 0 Å². The summed E-state index contributed by atoms with van der Waals surface area (Å²) in [5.41, 5.74) is 0.872. The largest absolute Gasteiger partial charge is 0.872 e. The summed E-state index contributed by atoms with van der Waals surface area (Å²) in [6, 6.07) is 6.78. The Morgan fingerprint density at radius 3 is 1.75 bits per heavy atom. The molecule has 0 amide bonds. The van der Waals surface area contributed by atoms with Gasteiger partial charge < -0.3 is 5.11 Å². The van der Waals surface area contributed by atoms with Crippen LogP contribution in [0.25, 0.3) is 5.76 Å². The minimum absolute atomic E-state index is 0.0885. The summed E-state index contributed by atoms with van der Waals surface area (Å²) >= 11 is 0. The topological polar surface area (TPSA) is 57.2 Å². The van der Waals surface area contributed by atoms with Gasteiger partial charge in [0.25, 0.3) is 0 Å². The zero-order valence-corrected chi connectivity index (χ0v) is 18.8. The first kappa shape index (κ1) is 22.8. The van der Waals surface area contributed by atoms with Gasteiger partial charge in [0.2, 0.25) is 11.6 Å². The van der Waals surface area contributed by atoms with Crippen molar-refractivity contribution in [3.63, 3.8) is 0 Å². The molecule has 154 valence electrons. The summed E-state index contributed by atoms with van der Waals surface area (Å²) in [5, 5.41) is 13.3. The van der Waals surface area contributed by atoms with Crippen LogP contribution in [0.1, 0.15) is 82.1 Å². The Morgan fingerprint density at radius 2 is 1.29 bits per heavy atom. The SMILES string of the molecule is CCCC[P+](CCCC)(CCCC)C(C)C1=C([O-])c2ccccc2C(=O)C1=O. The zero-order chi connectivity index (χ0) is 20.7. The number of unbranched alkanes of at least 4 members (excludes halogenated alkanes) is 3. The minimum atomic E-state index is -1.55. The van der Waals surface area contributed by atoms with Crippen molar-refractivity contribution in [2.45, 2.75) is 71.9 Å². The molecule has 0 heterocycles. The van der Waals surface area contributed by atoms with Gasteiger partial charge in [0.1, 0.15) is 0 Å². The summed E-state index contributed by atoms with van der Waals surface area (Å²) in [6.07, 6.45) is 10.1. The summed E-state index contributed by atoms with van der Waals surface area (Å²) in [7, 11) is -1.55. The molecular formula is C24H35O3P. The maximum Gasteiger partial charge on any atom is 0.233 e. The van der Waals surface area contributed by atoms with E-state index < -0.39 is 18.8 Å². The van der Waals surface area contributed by atoms with E-state index >= 15 is 0 Å². The first-order chi connectivity index (χ1) is 13.4. The van der Waals surface area contributed by atoms with Crippen LogP contribution in [0.4, 0.5) is 0 Å². The second kappa shape index (κ2) is 10.3. The van der Waals surface area contributed by atoms with Gasteiger partial charge in [0.05, 0.1) is 24.1 Å². The molecule has 0 bridgehead atoms. The molecule has 4 heteroatoms. The molecule has 0 saturated carbocycles. The van der Waals surface area contributed by atoms with Gasteiger partial charge in [-0.25, -0.2) is 0 Å². The number of allylic oxidation sites excluding steroid dienone is 1. The van der Waals surface area contributed by atoms with Gasteiger partial charge in [-0.05, 0) is 31.7 Å². The van der Waals surface area contributed by atoms with Crippen LogP contribution in [-0.4, -0.2) is 35.7 Å². The van der Waals surface area contributed by atoms with Gasteiger partial charge in [-0.2, -0.15) is 0 Å². The maximum atomic E-state index is 13.3. The van der Waals surface area contributed by atoms with Crippen molar-refractivity contribution in [1.82, 2.24) is 0 Å². The quantitative estimate of drug-likeness (QED) is 0.371. The molecule has 0 saturated heterocycles. The number of carbonyl (C=O) groups is 2. The number of ketones is 2. The van der Waals surface area contributed by atoms with Crippen LogP contribution in [-0.2, 0) is 4.79 Å². The Kier molecular flexibility index (Phi) is 8.43. The van der Waals surface area contributed by atoms with E-state index in [1.165, 1.54) is 0 Å². The lowest BCUT2D eigenvalue weighted by atomic mass is 9.87. The highest BCUT2D eigenvalue weighted by molar-refractivity contribution is 7.76. The molecule has 0 aliphatic heterocycles. The molecule has 1 aliphatic carbocycles. The lowest BCUT2D eigenvalue weighted by Gasteiger charge is -2.37. The standard InChI is InChI=1S/C24H35O3P/c1-5-8-15-28(16-9-6-2,17-10-7-3)18(4)21-22(25)19-13-11-12-14-20(19)23(26)24(21)27/h11-14,18H,5-10,15-17H2,1-4H3. The summed E-state index contributed by atoms with van der Waals surface area (Å²) in [5.74, 6) is -1.26. The monoisotopic (exact) mass is 402 g/mol. The van der Waals surface area contributed by atoms with Crippen LogP contribution < -0.4 is 5.11 Å². The van der Waals surface area contributed by atoms with Crippen molar-refractivity contribution < 1.29 is 14.7 Å². The Hall–Kier alpha value is -1.47. The summed E-state index contributed by atoms with van der Waals surface area (Å²) in [6.45, 7) is 8.66. The predicted octanol–water partition coefficient (Wildman–Crippen LogP) is 5.33. The van der Waals surface area contributed by atoms with Crippen molar-refractivity contribution in [2.75, 3.05) is 18.5 Å². The van der Waals surface area contributed by atoms with E-state index in [1.54, 1.807) is 24.3 Å². The highest BCUT2D eigenvalue weighted by atomic mass is 31.2. The number of benzene rings is 1. The van der Waals surface area contributed by atoms with E-state index in [0.29, 0.717) is 5.56 Å². The molecule has 0 radical (unpaired) electrons.